The van der Waals surface area contributed by atoms with Crippen LogP contribution in [-0.2, 0) is 14.3 Å². The number of carbonyl (C=O) groups is 2. The first-order valence-corrected chi connectivity index (χ1v) is 4.23. The van der Waals surface area contributed by atoms with Crippen LogP contribution in [0.4, 0.5) is 0 Å². The van der Waals surface area contributed by atoms with E-state index in [9.17, 15) is 9.59 Å². The number of rotatable bonds is 7. The van der Waals surface area contributed by atoms with Crippen molar-refractivity contribution in [1.82, 2.24) is 5.32 Å². The highest BCUT2D eigenvalue weighted by Crippen LogP contribution is 1.92. The molecule has 0 spiro atoms. The average Bonchev–Trinajstić information content (AvgIpc) is 2.14. The van der Waals surface area contributed by atoms with E-state index in [1.165, 1.54) is 7.11 Å². The predicted molar refractivity (Wildman–Crippen MR) is 50.9 cm³/mol. The maximum Gasteiger partial charge on any atom is 0.328 e. The number of nitrogens with one attached hydrogen (secondary N) is 1. The van der Waals surface area contributed by atoms with Crippen LogP contribution < -0.4 is 5.32 Å². The summed E-state index contributed by atoms with van der Waals surface area (Å²) >= 11 is 0. The minimum absolute atomic E-state index is 0.0326. The standard InChI is InChI=1S/C9H15NO4/c1-3-4-5-8(11)10-7(6-14-2)9(12)13/h3,7H,1,4-6H2,2H3,(H,10,11)(H,12,13)/t7-/m0/s1. The van der Waals surface area contributed by atoms with Gasteiger partial charge in [0.15, 0.2) is 6.04 Å². The molecule has 0 aromatic carbocycles. The SMILES string of the molecule is C=CCCC(=O)N[C@@H](COC)C(=O)O. The fourth-order valence-electron chi connectivity index (χ4n) is 0.841. The zero-order valence-electron chi connectivity index (χ0n) is 8.16. The lowest BCUT2D eigenvalue weighted by Crippen LogP contribution is -2.43. The molecule has 1 amide bonds. The molecule has 0 fully saturated rings. The van der Waals surface area contributed by atoms with E-state index in [1.54, 1.807) is 6.08 Å². The molecule has 0 aliphatic carbocycles. The third kappa shape index (κ3) is 5.31. The van der Waals surface area contributed by atoms with Crippen molar-refractivity contribution in [2.24, 2.45) is 0 Å². The van der Waals surface area contributed by atoms with Gasteiger partial charge < -0.3 is 15.2 Å². The van der Waals surface area contributed by atoms with E-state index in [4.69, 9.17) is 5.11 Å². The zero-order chi connectivity index (χ0) is 11.0. The van der Waals surface area contributed by atoms with Crippen LogP contribution in [0.1, 0.15) is 12.8 Å². The highest BCUT2D eigenvalue weighted by molar-refractivity contribution is 5.83. The average molecular weight is 201 g/mol. The topological polar surface area (TPSA) is 75.6 Å². The number of carbonyl (C=O) groups excluding carboxylic acids is 1. The van der Waals surface area contributed by atoms with Gasteiger partial charge in [-0.15, -0.1) is 6.58 Å². The molecule has 80 valence electrons. The Balaban J connectivity index is 3.95. The van der Waals surface area contributed by atoms with Gasteiger partial charge in [-0.1, -0.05) is 6.08 Å². The van der Waals surface area contributed by atoms with Crippen LogP contribution in [0.2, 0.25) is 0 Å². The summed E-state index contributed by atoms with van der Waals surface area (Å²) in [6.07, 6.45) is 2.38. The first-order chi connectivity index (χ1) is 6.61. The van der Waals surface area contributed by atoms with Crippen molar-refractivity contribution in [1.29, 1.82) is 0 Å². The van der Waals surface area contributed by atoms with Gasteiger partial charge in [-0.25, -0.2) is 4.79 Å². The Morgan fingerprint density at radius 2 is 2.29 bits per heavy atom. The van der Waals surface area contributed by atoms with E-state index in [0.29, 0.717) is 6.42 Å². The van der Waals surface area contributed by atoms with Gasteiger partial charge in [-0.3, -0.25) is 4.79 Å². The van der Waals surface area contributed by atoms with Gasteiger partial charge in [0.25, 0.3) is 0 Å². The van der Waals surface area contributed by atoms with Crippen molar-refractivity contribution in [3.63, 3.8) is 0 Å². The number of allylic oxidation sites excluding steroid dienone is 1. The molecule has 0 radical (unpaired) electrons. The molecule has 0 heterocycles. The highest BCUT2D eigenvalue weighted by atomic mass is 16.5. The summed E-state index contributed by atoms with van der Waals surface area (Å²) in [6, 6.07) is -0.975. The Morgan fingerprint density at radius 1 is 1.64 bits per heavy atom. The third-order valence-corrected chi connectivity index (χ3v) is 1.54. The molecule has 1 atom stereocenters. The monoisotopic (exact) mass is 201 g/mol. The van der Waals surface area contributed by atoms with Gasteiger partial charge in [0, 0.05) is 13.5 Å². The second kappa shape index (κ2) is 7.08. The smallest absolute Gasteiger partial charge is 0.328 e. The van der Waals surface area contributed by atoms with Crippen LogP contribution in [0.5, 0.6) is 0 Å². The van der Waals surface area contributed by atoms with Gasteiger partial charge in [-0.05, 0) is 6.42 Å². The lowest BCUT2D eigenvalue weighted by molar-refractivity contribution is -0.143. The van der Waals surface area contributed by atoms with Crippen molar-refractivity contribution in [2.45, 2.75) is 18.9 Å². The number of carboxylic acids is 1. The van der Waals surface area contributed by atoms with Crippen LogP contribution in [0, 0.1) is 0 Å². The van der Waals surface area contributed by atoms with E-state index < -0.39 is 12.0 Å². The van der Waals surface area contributed by atoms with E-state index in [2.05, 4.69) is 16.6 Å². The molecular weight excluding hydrogens is 186 g/mol. The predicted octanol–water partition coefficient (Wildman–Crippen LogP) is 0.168. The van der Waals surface area contributed by atoms with Gasteiger partial charge in [-0.2, -0.15) is 0 Å². The molecule has 0 aromatic rings. The number of ether oxygens (including phenoxy) is 1. The van der Waals surface area contributed by atoms with Crippen LogP contribution in [0.25, 0.3) is 0 Å². The first kappa shape index (κ1) is 12.6. The fraction of sp³-hybridized carbons (Fsp3) is 0.556. The number of methoxy groups -OCH3 is 1. The van der Waals surface area contributed by atoms with Crippen LogP contribution in [-0.4, -0.2) is 36.7 Å². The minimum atomic E-state index is -1.10. The second-order valence-electron chi connectivity index (χ2n) is 2.74. The van der Waals surface area contributed by atoms with Gasteiger partial charge >= 0.3 is 5.97 Å². The van der Waals surface area contributed by atoms with Crippen LogP contribution >= 0.6 is 0 Å². The van der Waals surface area contributed by atoms with E-state index in [0.717, 1.165) is 0 Å². The zero-order valence-corrected chi connectivity index (χ0v) is 8.16. The van der Waals surface area contributed by atoms with Crippen molar-refractivity contribution >= 4 is 11.9 Å². The van der Waals surface area contributed by atoms with Crippen molar-refractivity contribution in [3.05, 3.63) is 12.7 Å². The lowest BCUT2D eigenvalue weighted by atomic mass is 10.2. The Hall–Kier alpha value is -1.36. The molecule has 0 aromatic heterocycles. The fourth-order valence-corrected chi connectivity index (χ4v) is 0.841. The molecule has 0 aliphatic heterocycles. The highest BCUT2D eigenvalue weighted by Gasteiger charge is 2.18. The molecule has 0 aliphatic rings. The largest absolute Gasteiger partial charge is 0.480 e. The molecule has 5 heteroatoms. The molecular formula is C9H15NO4. The van der Waals surface area contributed by atoms with E-state index in [-0.39, 0.29) is 18.9 Å². The Bertz CT molecular complexity index is 215. The van der Waals surface area contributed by atoms with Crippen molar-refractivity contribution in [3.8, 4) is 0 Å². The number of amides is 1. The normalized spacial score (nSPS) is 11.8. The molecule has 0 rings (SSSR count). The Labute approximate surface area is 82.7 Å². The van der Waals surface area contributed by atoms with Crippen molar-refractivity contribution in [2.75, 3.05) is 13.7 Å². The summed E-state index contributed by atoms with van der Waals surface area (Å²) in [5.74, 6) is -1.41. The minimum Gasteiger partial charge on any atom is -0.480 e. The maximum absolute atomic E-state index is 11.1. The van der Waals surface area contributed by atoms with Gasteiger partial charge in [0.05, 0.1) is 6.61 Å². The molecule has 0 bridgehead atoms. The summed E-state index contributed by atoms with van der Waals surface area (Å²) in [5.41, 5.74) is 0. The molecule has 0 unspecified atom stereocenters. The third-order valence-electron chi connectivity index (χ3n) is 1.54. The summed E-state index contributed by atoms with van der Waals surface area (Å²) in [5, 5.41) is 11.0. The second-order valence-corrected chi connectivity index (χ2v) is 2.74. The number of aliphatic carboxylic acids is 1. The number of carboxylic acid groups (broad SMARTS) is 1. The van der Waals surface area contributed by atoms with Gasteiger partial charge in [0.1, 0.15) is 0 Å². The summed E-state index contributed by atoms with van der Waals surface area (Å²) in [4.78, 5) is 21.7. The quantitative estimate of drug-likeness (QED) is 0.576. The van der Waals surface area contributed by atoms with Crippen LogP contribution in [0.15, 0.2) is 12.7 Å². The number of hydrogen-bond donors (Lipinski definition) is 2. The molecule has 0 saturated heterocycles. The molecule has 2 N–H and O–H groups in total. The number of hydrogen-bond acceptors (Lipinski definition) is 3. The van der Waals surface area contributed by atoms with Crippen molar-refractivity contribution < 1.29 is 19.4 Å². The van der Waals surface area contributed by atoms with Gasteiger partial charge in [0.2, 0.25) is 5.91 Å². The Morgan fingerprint density at radius 3 is 2.71 bits per heavy atom. The summed E-state index contributed by atoms with van der Waals surface area (Å²) in [7, 11) is 1.38. The van der Waals surface area contributed by atoms with E-state index >= 15 is 0 Å². The van der Waals surface area contributed by atoms with E-state index in [1.807, 2.05) is 0 Å². The van der Waals surface area contributed by atoms with Crippen LogP contribution in [0.3, 0.4) is 0 Å². The molecule has 0 saturated carbocycles. The first-order valence-electron chi connectivity index (χ1n) is 4.23. The molecule has 5 nitrogen and oxygen atoms in total. The summed E-state index contributed by atoms with van der Waals surface area (Å²) in [6.45, 7) is 3.43. The summed E-state index contributed by atoms with van der Waals surface area (Å²) < 4.78 is 4.65. The maximum atomic E-state index is 11.1. The molecule has 14 heavy (non-hydrogen) atoms. The Kier molecular flexibility index (Phi) is 6.39. The lowest BCUT2D eigenvalue weighted by Gasteiger charge is -2.12.